The van der Waals surface area contributed by atoms with Crippen molar-refractivity contribution in [3.05, 3.63) is 29.8 Å². The number of ether oxygens (including phenoxy) is 3. The standard InChI is InChI=1S/C22H32N2O6/c1-13(2)19(23-20(25)17-9-7-8-10-18(17)28-6)22(27)30-16(5)21(26)24-11-14(3)29-15(4)12-24/h7-10,13-16,19H,11-12H2,1-6H3,(H,23,25)/t14-,15+,16-,19+/m1/s1. The van der Waals surface area contributed by atoms with Gasteiger partial charge in [0, 0.05) is 13.1 Å². The average molecular weight is 421 g/mol. The molecule has 0 bridgehead atoms. The number of hydrogen-bond donors (Lipinski definition) is 1. The van der Waals surface area contributed by atoms with E-state index in [-0.39, 0.29) is 24.0 Å². The number of hydrogen-bond acceptors (Lipinski definition) is 6. The summed E-state index contributed by atoms with van der Waals surface area (Å²) < 4.78 is 16.3. The molecule has 4 atom stereocenters. The third-order valence-corrected chi connectivity index (χ3v) is 4.93. The number of rotatable bonds is 7. The number of amides is 2. The van der Waals surface area contributed by atoms with Crippen molar-refractivity contribution >= 4 is 17.8 Å². The molecule has 0 unspecified atom stereocenters. The van der Waals surface area contributed by atoms with E-state index < -0.39 is 24.0 Å². The molecule has 1 heterocycles. The Balaban J connectivity index is 2.04. The Morgan fingerprint density at radius 3 is 2.27 bits per heavy atom. The van der Waals surface area contributed by atoms with Crippen LogP contribution >= 0.6 is 0 Å². The molecule has 1 fully saturated rings. The maximum Gasteiger partial charge on any atom is 0.329 e. The van der Waals surface area contributed by atoms with Gasteiger partial charge < -0.3 is 24.4 Å². The third kappa shape index (κ3) is 5.95. The maximum absolute atomic E-state index is 12.8. The number of carbonyl (C=O) groups excluding carboxylic acids is 3. The number of para-hydroxylation sites is 1. The van der Waals surface area contributed by atoms with Crippen molar-refractivity contribution in [1.29, 1.82) is 0 Å². The smallest absolute Gasteiger partial charge is 0.329 e. The molecule has 8 heteroatoms. The molecule has 0 saturated carbocycles. The van der Waals surface area contributed by atoms with Gasteiger partial charge in [0.05, 0.1) is 24.9 Å². The first-order valence-electron chi connectivity index (χ1n) is 10.2. The second-order valence-corrected chi connectivity index (χ2v) is 7.98. The Labute approximate surface area is 177 Å². The van der Waals surface area contributed by atoms with Gasteiger partial charge in [0.1, 0.15) is 11.8 Å². The summed E-state index contributed by atoms with van der Waals surface area (Å²) in [6.45, 7) is 9.83. The molecule has 1 aliphatic rings. The fraction of sp³-hybridized carbons (Fsp3) is 0.591. The van der Waals surface area contributed by atoms with Gasteiger partial charge in [0.2, 0.25) is 0 Å². The van der Waals surface area contributed by atoms with Crippen LogP contribution in [0.1, 0.15) is 45.0 Å². The van der Waals surface area contributed by atoms with Gasteiger partial charge in [-0.15, -0.1) is 0 Å². The normalized spacial score (nSPS) is 21.0. The van der Waals surface area contributed by atoms with Crippen molar-refractivity contribution in [1.82, 2.24) is 10.2 Å². The van der Waals surface area contributed by atoms with E-state index in [0.29, 0.717) is 24.4 Å². The van der Waals surface area contributed by atoms with Crippen LogP contribution in [0.4, 0.5) is 0 Å². The summed E-state index contributed by atoms with van der Waals surface area (Å²) >= 11 is 0. The molecule has 0 spiro atoms. The molecule has 8 nitrogen and oxygen atoms in total. The molecule has 1 saturated heterocycles. The molecule has 1 aromatic carbocycles. The number of morpholine rings is 1. The topological polar surface area (TPSA) is 94.2 Å². The van der Waals surface area contributed by atoms with Crippen molar-refractivity contribution in [2.45, 2.75) is 59.0 Å². The molecule has 0 radical (unpaired) electrons. The minimum absolute atomic E-state index is 0.0795. The van der Waals surface area contributed by atoms with Crippen molar-refractivity contribution < 1.29 is 28.6 Å². The SMILES string of the molecule is COc1ccccc1C(=O)N[C@H](C(=O)O[C@H](C)C(=O)N1C[C@@H](C)O[C@@H](C)C1)C(C)C. The molecule has 2 amide bonds. The fourth-order valence-corrected chi connectivity index (χ4v) is 3.46. The first-order chi connectivity index (χ1) is 14.1. The number of nitrogens with one attached hydrogen (secondary N) is 1. The van der Waals surface area contributed by atoms with Crippen LogP contribution in [-0.4, -0.2) is 67.2 Å². The van der Waals surface area contributed by atoms with Gasteiger partial charge in [-0.1, -0.05) is 26.0 Å². The second-order valence-electron chi connectivity index (χ2n) is 7.98. The Morgan fingerprint density at radius 2 is 1.70 bits per heavy atom. The van der Waals surface area contributed by atoms with E-state index in [1.165, 1.54) is 7.11 Å². The van der Waals surface area contributed by atoms with E-state index in [2.05, 4.69) is 5.32 Å². The zero-order valence-corrected chi connectivity index (χ0v) is 18.5. The Kier molecular flexibility index (Phi) is 8.23. The lowest BCUT2D eigenvalue weighted by Crippen LogP contribution is -2.52. The summed E-state index contributed by atoms with van der Waals surface area (Å²) in [5, 5.41) is 2.71. The lowest BCUT2D eigenvalue weighted by molar-refractivity contribution is -0.166. The van der Waals surface area contributed by atoms with Crippen LogP contribution in [0, 0.1) is 5.92 Å². The second kappa shape index (κ2) is 10.4. The van der Waals surface area contributed by atoms with E-state index in [9.17, 15) is 14.4 Å². The van der Waals surface area contributed by atoms with Gasteiger partial charge in [0.15, 0.2) is 6.10 Å². The highest BCUT2D eigenvalue weighted by molar-refractivity contribution is 5.99. The average Bonchev–Trinajstić information content (AvgIpc) is 2.69. The van der Waals surface area contributed by atoms with Crippen molar-refractivity contribution in [2.75, 3.05) is 20.2 Å². The summed E-state index contributed by atoms with van der Waals surface area (Å²) in [6.07, 6.45) is -1.12. The van der Waals surface area contributed by atoms with Crippen LogP contribution in [0.25, 0.3) is 0 Å². The molecule has 0 aliphatic carbocycles. The van der Waals surface area contributed by atoms with E-state index in [4.69, 9.17) is 14.2 Å². The molecule has 1 aromatic rings. The van der Waals surface area contributed by atoms with Crippen LogP contribution < -0.4 is 10.1 Å². The monoisotopic (exact) mass is 420 g/mol. The summed E-state index contributed by atoms with van der Waals surface area (Å²) in [6, 6.07) is 5.85. The quantitative estimate of drug-likeness (QED) is 0.679. The lowest BCUT2D eigenvalue weighted by Gasteiger charge is -2.36. The Morgan fingerprint density at radius 1 is 1.10 bits per heavy atom. The van der Waals surface area contributed by atoms with E-state index >= 15 is 0 Å². The lowest BCUT2D eigenvalue weighted by atomic mass is 10.0. The van der Waals surface area contributed by atoms with Crippen LogP contribution in [0.15, 0.2) is 24.3 Å². The number of carbonyl (C=O) groups is 3. The van der Waals surface area contributed by atoms with Gasteiger partial charge in [-0.3, -0.25) is 9.59 Å². The third-order valence-electron chi connectivity index (χ3n) is 4.93. The summed E-state index contributed by atoms with van der Waals surface area (Å²) in [5.74, 6) is -1.20. The first-order valence-corrected chi connectivity index (χ1v) is 10.2. The predicted octanol–water partition coefficient (Wildman–Crippen LogP) is 2.02. The van der Waals surface area contributed by atoms with Crippen molar-refractivity contribution in [2.24, 2.45) is 5.92 Å². The highest BCUT2D eigenvalue weighted by Crippen LogP contribution is 2.18. The zero-order chi connectivity index (χ0) is 22.4. The zero-order valence-electron chi connectivity index (χ0n) is 18.5. The van der Waals surface area contributed by atoms with Crippen molar-refractivity contribution in [3.63, 3.8) is 0 Å². The molecular formula is C22H32N2O6. The Bertz CT molecular complexity index is 756. The maximum atomic E-state index is 12.8. The molecule has 0 aromatic heterocycles. The molecule has 1 N–H and O–H groups in total. The van der Waals surface area contributed by atoms with E-state index in [0.717, 1.165) is 0 Å². The van der Waals surface area contributed by atoms with Crippen molar-refractivity contribution in [3.8, 4) is 5.75 Å². The summed E-state index contributed by atoms with van der Waals surface area (Å²) in [5.41, 5.74) is 0.318. The largest absolute Gasteiger partial charge is 0.496 e. The summed E-state index contributed by atoms with van der Waals surface area (Å²) in [7, 11) is 1.47. The van der Waals surface area contributed by atoms with Crippen LogP contribution in [0.5, 0.6) is 5.75 Å². The van der Waals surface area contributed by atoms with Crippen LogP contribution in [0.3, 0.4) is 0 Å². The number of methoxy groups -OCH3 is 1. The highest BCUT2D eigenvalue weighted by atomic mass is 16.6. The van der Waals surface area contributed by atoms with Gasteiger partial charge in [0.25, 0.3) is 11.8 Å². The molecule has 1 aliphatic heterocycles. The molecule has 30 heavy (non-hydrogen) atoms. The molecular weight excluding hydrogens is 388 g/mol. The molecule has 2 rings (SSSR count). The van der Waals surface area contributed by atoms with Gasteiger partial charge >= 0.3 is 5.97 Å². The minimum Gasteiger partial charge on any atom is -0.496 e. The first kappa shape index (κ1) is 23.7. The predicted molar refractivity (Wildman–Crippen MR) is 111 cm³/mol. The van der Waals surface area contributed by atoms with Gasteiger partial charge in [-0.2, -0.15) is 0 Å². The number of nitrogens with zero attached hydrogens (tertiary/aromatic N) is 1. The van der Waals surface area contributed by atoms with Crippen LogP contribution in [-0.2, 0) is 19.1 Å². The summed E-state index contributed by atoms with van der Waals surface area (Å²) in [4.78, 5) is 39.8. The van der Waals surface area contributed by atoms with E-state index in [1.807, 2.05) is 13.8 Å². The highest BCUT2D eigenvalue weighted by Gasteiger charge is 2.33. The van der Waals surface area contributed by atoms with Gasteiger partial charge in [-0.25, -0.2) is 4.79 Å². The number of benzene rings is 1. The fourth-order valence-electron chi connectivity index (χ4n) is 3.46. The Hall–Kier alpha value is -2.61. The number of esters is 1. The van der Waals surface area contributed by atoms with Crippen LogP contribution in [0.2, 0.25) is 0 Å². The van der Waals surface area contributed by atoms with E-state index in [1.54, 1.807) is 49.9 Å². The molecule has 166 valence electrons. The minimum atomic E-state index is -0.959. The van der Waals surface area contributed by atoms with Gasteiger partial charge in [-0.05, 0) is 38.8 Å².